The number of rotatable bonds is 9. The zero-order valence-corrected chi connectivity index (χ0v) is 17.6. The molecule has 2 rings (SSSR count). The predicted octanol–water partition coefficient (Wildman–Crippen LogP) is 2.15. The van der Waals surface area contributed by atoms with E-state index < -0.39 is 16.0 Å². The summed E-state index contributed by atoms with van der Waals surface area (Å²) in [5.41, 5.74) is 1.23. The predicted molar refractivity (Wildman–Crippen MR) is 108 cm³/mol. The Morgan fingerprint density at radius 3 is 2.52 bits per heavy atom. The van der Waals surface area contributed by atoms with E-state index in [0.29, 0.717) is 12.0 Å². The first kappa shape index (κ1) is 22.4. The Hall–Kier alpha value is -2.91. The number of pyridine rings is 1. The van der Waals surface area contributed by atoms with Crippen molar-refractivity contribution < 1.29 is 27.4 Å². The Bertz CT molecular complexity index is 974. The second-order valence-corrected chi connectivity index (χ2v) is 8.02. The molecule has 0 atom stereocenters. The fraction of sp³-hybridized carbons (Fsp3) is 0.300. The van der Waals surface area contributed by atoms with Crippen LogP contribution in [-0.4, -0.2) is 58.6 Å². The van der Waals surface area contributed by atoms with Gasteiger partial charge in [-0.1, -0.05) is 6.07 Å². The fourth-order valence-electron chi connectivity index (χ4n) is 2.58. The van der Waals surface area contributed by atoms with Crippen LogP contribution in [0.25, 0.3) is 6.08 Å². The minimum Gasteiger partial charge on any atom is -0.493 e. The summed E-state index contributed by atoms with van der Waals surface area (Å²) in [6.07, 6.45) is 4.76. The molecule has 156 valence electrons. The van der Waals surface area contributed by atoms with Crippen LogP contribution in [0.3, 0.4) is 0 Å². The van der Waals surface area contributed by atoms with E-state index in [1.807, 2.05) is 12.1 Å². The van der Waals surface area contributed by atoms with Gasteiger partial charge >= 0.3 is 5.97 Å². The van der Waals surface area contributed by atoms with E-state index in [-0.39, 0.29) is 22.9 Å². The van der Waals surface area contributed by atoms with Crippen molar-refractivity contribution in [3.8, 4) is 11.5 Å². The molecule has 0 saturated carbocycles. The second-order valence-electron chi connectivity index (χ2n) is 6.01. The number of benzene rings is 1. The van der Waals surface area contributed by atoms with Gasteiger partial charge in [0.1, 0.15) is 4.90 Å². The molecule has 8 nitrogen and oxygen atoms in total. The fourth-order valence-corrected chi connectivity index (χ4v) is 3.95. The van der Waals surface area contributed by atoms with Gasteiger partial charge in [-0.3, -0.25) is 4.98 Å². The van der Waals surface area contributed by atoms with Gasteiger partial charge in [-0.05, 0) is 35.9 Å². The highest BCUT2D eigenvalue weighted by atomic mass is 32.2. The molecule has 0 unspecified atom stereocenters. The lowest BCUT2D eigenvalue weighted by atomic mass is 10.2. The van der Waals surface area contributed by atoms with E-state index in [4.69, 9.17) is 9.47 Å². The third-order valence-electron chi connectivity index (χ3n) is 4.18. The minimum atomic E-state index is -3.90. The molecule has 0 aliphatic rings. The summed E-state index contributed by atoms with van der Waals surface area (Å²) >= 11 is 0. The SMILES string of the molecule is COC(=O)/C=C/c1cc(OC)c(OC)c(S(=O)(=O)N(C)CCc2ccccn2)c1. The molecule has 1 heterocycles. The third kappa shape index (κ3) is 5.55. The maximum atomic E-state index is 13.2. The smallest absolute Gasteiger partial charge is 0.330 e. The topological polar surface area (TPSA) is 95.0 Å². The Morgan fingerprint density at radius 2 is 1.93 bits per heavy atom. The van der Waals surface area contributed by atoms with E-state index in [1.165, 1.54) is 50.9 Å². The first-order chi connectivity index (χ1) is 13.8. The van der Waals surface area contributed by atoms with Gasteiger partial charge in [0.25, 0.3) is 0 Å². The zero-order chi connectivity index (χ0) is 21.4. The Labute approximate surface area is 170 Å². The molecule has 0 spiro atoms. The number of aromatic nitrogens is 1. The van der Waals surface area contributed by atoms with E-state index in [1.54, 1.807) is 18.3 Å². The van der Waals surface area contributed by atoms with Gasteiger partial charge in [-0.25, -0.2) is 17.5 Å². The van der Waals surface area contributed by atoms with Gasteiger partial charge in [-0.2, -0.15) is 0 Å². The molecule has 0 aliphatic carbocycles. The molecular weight excluding hydrogens is 396 g/mol. The van der Waals surface area contributed by atoms with Crippen molar-refractivity contribution in [2.24, 2.45) is 0 Å². The lowest BCUT2D eigenvalue weighted by molar-refractivity contribution is -0.134. The van der Waals surface area contributed by atoms with Crippen LogP contribution in [0.5, 0.6) is 11.5 Å². The third-order valence-corrected chi connectivity index (χ3v) is 6.04. The standard InChI is InChI=1S/C20H24N2O6S/c1-22(12-10-16-7-5-6-11-21-16)29(24,25)18-14-15(8-9-19(23)27-3)13-17(26-2)20(18)28-4/h5-9,11,13-14H,10,12H2,1-4H3/b9-8+. The van der Waals surface area contributed by atoms with Gasteiger partial charge in [0.2, 0.25) is 10.0 Å². The van der Waals surface area contributed by atoms with Gasteiger partial charge in [0, 0.05) is 38.0 Å². The summed E-state index contributed by atoms with van der Waals surface area (Å²) in [6, 6.07) is 8.48. The summed E-state index contributed by atoms with van der Waals surface area (Å²) in [4.78, 5) is 15.5. The number of nitrogens with zero attached hydrogens (tertiary/aromatic N) is 2. The second kappa shape index (κ2) is 10.0. The maximum Gasteiger partial charge on any atom is 0.330 e. The molecule has 2 aromatic rings. The number of ether oxygens (including phenoxy) is 3. The number of carbonyl (C=O) groups excluding carboxylic acids is 1. The van der Waals surface area contributed by atoms with Crippen LogP contribution in [-0.2, 0) is 26.0 Å². The number of likely N-dealkylation sites (N-methyl/N-ethyl adjacent to an activating group) is 1. The van der Waals surface area contributed by atoms with Gasteiger partial charge in [0.05, 0.1) is 21.3 Å². The largest absolute Gasteiger partial charge is 0.493 e. The summed E-state index contributed by atoms with van der Waals surface area (Å²) in [5.74, 6) is -0.236. The van der Waals surface area contributed by atoms with E-state index in [9.17, 15) is 13.2 Å². The van der Waals surface area contributed by atoms with Crippen LogP contribution in [0.1, 0.15) is 11.3 Å². The van der Waals surface area contributed by atoms with Crippen LogP contribution in [0, 0.1) is 0 Å². The molecular formula is C20H24N2O6S. The van der Waals surface area contributed by atoms with Gasteiger partial charge in [0.15, 0.2) is 11.5 Å². The van der Waals surface area contributed by atoms with Crippen molar-refractivity contribution in [3.63, 3.8) is 0 Å². The number of carbonyl (C=O) groups is 1. The van der Waals surface area contributed by atoms with Crippen LogP contribution in [0.2, 0.25) is 0 Å². The summed E-state index contributed by atoms with van der Waals surface area (Å²) < 4.78 is 42.8. The number of sulfonamides is 1. The molecule has 29 heavy (non-hydrogen) atoms. The van der Waals surface area contributed by atoms with Crippen molar-refractivity contribution in [2.45, 2.75) is 11.3 Å². The highest BCUT2D eigenvalue weighted by Crippen LogP contribution is 2.37. The van der Waals surface area contributed by atoms with E-state index >= 15 is 0 Å². The van der Waals surface area contributed by atoms with Crippen molar-refractivity contribution in [1.29, 1.82) is 0 Å². The molecule has 1 aromatic carbocycles. The average molecular weight is 420 g/mol. The Balaban J connectivity index is 2.40. The van der Waals surface area contributed by atoms with Gasteiger partial charge < -0.3 is 14.2 Å². The summed E-state index contributed by atoms with van der Waals surface area (Å²) in [5, 5.41) is 0. The molecule has 9 heteroatoms. The van der Waals surface area contributed by atoms with E-state index in [2.05, 4.69) is 9.72 Å². The van der Waals surface area contributed by atoms with Crippen LogP contribution >= 0.6 is 0 Å². The lowest BCUT2D eigenvalue weighted by Gasteiger charge is -2.20. The Morgan fingerprint density at radius 1 is 1.17 bits per heavy atom. The molecule has 0 N–H and O–H groups in total. The minimum absolute atomic E-state index is 0.0626. The number of hydrogen-bond donors (Lipinski definition) is 0. The van der Waals surface area contributed by atoms with Crippen LogP contribution in [0.4, 0.5) is 0 Å². The molecule has 0 aliphatic heterocycles. The molecule has 0 amide bonds. The van der Waals surface area contributed by atoms with Crippen molar-refractivity contribution in [2.75, 3.05) is 34.9 Å². The lowest BCUT2D eigenvalue weighted by Crippen LogP contribution is -2.29. The molecule has 0 radical (unpaired) electrons. The van der Waals surface area contributed by atoms with Gasteiger partial charge in [-0.15, -0.1) is 0 Å². The van der Waals surface area contributed by atoms with Crippen molar-refractivity contribution in [3.05, 3.63) is 53.9 Å². The molecule has 0 fully saturated rings. The number of hydrogen-bond acceptors (Lipinski definition) is 7. The molecule has 1 aromatic heterocycles. The monoisotopic (exact) mass is 420 g/mol. The highest BCUT2D eigenvalue weighted by Gasteiger charge is 2.27. The molecule has 0 saturated heterocycles. The zero-order valence-electron chi connectivity index (χ0n) is 16.8. The normalized spacial score (nSPS) is 11.6. The summed E-state index contributed by atoms with van der Waals surface area (Å²) in [7, 11) is 1.62. The van der Waals surface area contributed by atoms with E-state index in [0.717, 1.165) is 5.69 Å². The highest BCUT2D eigenvalue weighted by molar-refractivity contribution is 7.89. The number of esters is 1. The first-order valence-corrected chi connectivity index (χ1v) is 10.2. The van der Waals surface area contributed by atoms with Crippen molar-refractivity contribution >= 4 is 22.1 Å². The quantitative estimate of drug-likeness (QED) is 0.453. The summed E-state index contributed by atoms with van der Waals surface area (Å²) in [6.45, 7) is 0.229. The van der Waals surface area contributed by atoms with Crippen molar-refractivity contribution in [1.82, 2.24) is 9.29 Å². The first-order valence-electron chi connectivity index (χ1n) is 8.71. The maximum absolute atomic E-state index is 13.2. The average Bonchev–Trinajstić information content (AvgIpc) is 2.75. The number of methoxy groups -OCH3 is 3. The molecule has 0 bridgehead atoms. The van der Waals surface area contributed by atoms with Crippen LogP contribution in [0.15, 0.2) is 47.5 Å². The van der Waals surface area contributed by atoms with Crippen LogP contribution < -0.4 is 9.47 Å². The Kier molecular flexibility index (Phi) is 7.74.